The molecule has 2 saturated heterocycles. The number of nitriles is 1. The van der Waals surface area contributed by atoms with Crippen LogP contribution in [0.4, 0.5) is 4.39 Å². The summed E-state index contributed by atoms with van der Waals surface area (Å²) in [6.07, 6.45) is 2.05. The molecule has 0 saturated carbocycles. The van der Waals surface area contributed by atoms with E-state index in [0.717, 1.165) is 54.4 Å². The third-order valence-corrected chi connectivity index (χ3v) is 8.28. The van der Waals surface area contributed by atoms with Crippen LogP contribution in [0, 0.1) is 17.1 Å². The number of rotatable bonds is 9. The second-order valence-electron chi connectivity index (χ2n) is 9.85. The lowest BCUT2D eigenvalue weighted by Gasteiger charge is -2.28. The molecule has 11 heteroatoms. The monoisotopic (exact) mass is 547 g/mol. The first-order chi connectivity index (χ1) is 19.0. The van der Waals surface area contributed by atoms with Crippen molar-refractivity contribution >= 4 is 27.7 Å². The van der Waals surface area contributed by atoms with Crippen molar-refractivity contribution in [2.45, 2.75) is 44.6 Å². The third kappa shape index (κ3) is 5.36. The highest BCUT2D eigenvalue weighted by molar-refractivity contribution is 7.20. The van der Waals surface area contributed by atoms with Crippen molar-refractivity contribution in [3.8, 4) is 11.9 Å². The number of likely N-dealkylation sites (tertiary alicyclic amines) is 1. The van der Waals surface area contributed by atoms with Gasteiger partial charge in [0.25, 0.3) is 0 Å². The molecule has 2 atom stereocenters. The fraction of sp³-hybridized carbons (Fsp3) is 0.357. The molecule has 9 nitrogen and oxygen atoms in total. The van der Waals surface area contributed by atoms with Gasteiger partial charge in [0, 0.05) is 36.4 Å². The van der Waals surface area contributed by atoms with Gasteiger partial charge in [-0.2, -0.15) is 5.26 Å². The predicted octanol–water partition coefficient (Wildman–Crippen LogP) is 4.56. The number of fused-ring (bicyclic) bond motifs is 1. The zero-order chi connectivity index (χ0) is 26.9. The Morgan fingerprint density at radius 3 is 2.87 bits per heavy atom. The normalized spacial score (nSPS) is 19.2. The third-order valence-electron chi connectivity index (χ3n) is 7.28. The maximum absolute atomic E-state index is 14.2. The molecule has 200 valence electrons. The van der Waals surface area contributed by atoms with Crippen LogP contribution in [0.2, 0.25) is 0 Å². The summed E-state index contributed by atoms with van der Waals surface area (Å²) >= 11 is 1.20. The van der Waals surface area contributed by atoms with Gasteiger partial charge < -0.3 is 19.1 Å². The molecule has 0 spiro atoms. The maximum atomic E-state index is 14.2. The standard InChI is InChI=1S/C28H26FN5O4S/c29-21-10-17(12-30)4-5-19(21)16-38-26-3-1-2-22(31-26)18-6-8-33(13-18)15-25-32-27-23(11-24(39-27)28(35)36)34(25)14-20-7-9-37-20/h1-5,10-11,18,20H,6-9,13-16H2,(H,35,36). The summed E-state index contributed by atoms with van der Waals surface area (Å²) in [5.74, 6) is 0.157. The van der Waals surface area contributed by atoms with Gasteiger partial charge in [-0.3, -0.25) is 4.90 Å². The number of hydrogen-bond acceptors (Lipinski definition) is 8. The Morgan fingerprint density at radius 1 is 1.26 bits per heavy atom. The molecule has 1 N–H and O–H groups in total. The van der Waals surface area contributed by atoms with Gasteiger partial charge in [0.05, 0.1) is 36.3 Å². The highest BCUT2D eigenvalue weighted by atomic mass is 32.1. The smallest absolute Gasteiger partial charge is 0.346 e. The minimum Gasteiger partial charge on any atom is -0.477 e. The van der Waals surface area contributed by atoms with E-state index in [1.807, 2.05) is 18.2 Å². The molecule has 0 radical (unpaired) electrons. The van der Waals surface area contributed by atoms with Crippen LogP contribution in [0.1, 0.15) is 51.1 Å². The van der Waals surface area contributed by atoms with Crippen LogP contribution in [0.25, 0.3) is 10.3 Å². The number of ether oxygens (including phenoxy) is 2. The van der Waals surface area contributed by atoms with E-state index in [2.05, 4.69) is 14.5 Å². The van der Waals surface area contributed by atoms with Crippen molar-refractivity contribution in [1.29, 1.82) is 5.26 Å². The number of hydrogen-bond donors (Lipinski definition) is 1. The number of imidazole rings is 1. The lowest BCUT2D eigenvalue weighted by atomic mass is 10.0. The lowest BCUT2D eigenvalue weighted by Crippen LogP contribution is -2.32. The molecule has 1 aromatic carbocycles. The Labute approximate surface area is 228 Å². The molecule has 39 heavy (non-hydrogen) atoms. The van der Waals surface area contributed by atoms with Gasteiger partial charge >= 0.3 is 5.97 Å². The van der Waals surface area contributed by atoms with Crippen LogP contribution in [0.15, 0.2) is 42.5 Å². The van der Waals surface area contributed by atoms with Gasteiger partial charge in [-0.1, -0.05) is 12.1 Å². The second-order valence-corrected chi connectivity index (χ2v) is 10.9. The molecule has 2 unspecified atom stereocenters. The van der Waals surface area contributed by atoms with Crippen LogP contribution < -0.4 is 4.74 Å². The summed E-state index contributed by atoms with van der Waals surface area (Å²) < 4.78 is 27.8. The van der Waals surface area contributed by atoms with Crippen molar-refractivity contribution in [2.75, 3.05) is 19.7 Å². The van der Waals surface area contributed by atoms with Crippen molar-refractivity contribution < 1.29 is 23.8 Å². The van der Waals surface area contributed by atoms with Crippen molar-refractivity contribution in [3.63, 3.8) is 0 Å². The van der Waals surface area contributed by atoms with Gasteiger partial charge in [-0.15, -0.1) is 11.3 Å². The van der Waals surface area contributed by atoms with Crippen molar-refractivity contribution in [1.82, 2.24) is 19.4 Å². The van der Waals surface area contributed by atoms with Crippen LogP contribution in [0.3, 0.4) is 0 Å². The Balaban J connectivity index is 1.13. The summed E-state index contributed by atoms with van der Waals surface area (Å²) in [4.78, 5) is 24.3. The molecular weight excluding hydrogens is 521 g/mol. The maximum Gasteiger partial charge on any atom is 0.346 e. The van der Waals surface area contributed by atoms with E-state index in [0.29, 0.717) is 29.4 Å². The fourth-order valence-corrected chi connectivity index (χ4v) is 5.96. The molecule has 2 aliphatic heterocycles. The molecule has 0 aliphatic carbocycles. The number of aromatic carboxylic acids is 1. The Kier molecular flexibility index (Phi) is 6.99. The number of carbonyl (C=O) groups is 1. The molecule has 0 bridgehead atoms. The molecule has 4 aromatic rings. The highest BCUT2D eigenvalue weighted by Gasteiger charge is 2.29. The Hall–Kier alpha value is -3.85. The minimum atomic E-state index is -0.936. The van der Waals surface area contributed by atoms with Gasteiger partial charge in [-0.25, -0.2) is 19.2 Å². The number of thiophene rings is 1. The number of aromatic nitrogens is 3. The summed E-state index contributed by atoms with van der Waals surface area (Å²) in [5, 5.41) is 18.3. The average molecular weight is 548 g/mol. The van der Waals surface area contributed by atoms with Gasteiger partial charge in [0.1, 0.15) is 28.0 Å². The molecule has 2 fully saturated rings. The quantitative estimate of drug-likeness (QED) is 0.325. The summed E-state index contributed by atoms with van der Waals surface area (Å²) in [6, 6.07) is 13.6. The molecular formula is C28H26FN5O4S. The number of benzene rings is 1. The van der Waals surface area contributed by atoms with E-state index in [1.165, 1.54) is 17.4 Å². The van der Waals surface area contributed by atoms with Crippen molar-refractivity contribution in [3.05, 3.63) is 75.8 Å². The van der Waals surface area contributed by atoms with Crippen LogP contribution in [-0.4, -0.2) is 56.3 Å². The molecule has 6 rings (SSSR count). The van der Waals surface area contributed by atoms with Gasteiger partial charge in [-0.05, 0) is 43.7 Å². The first-order valence-electron chi connectivity index (χ1n) is 12.8. The molecule has 3 aromatic heterocycles. The van der Waals surface area contributed by atoms with E-state index in [-0.39, 0.29) is 24.2 Å². The van der Waals surface area contributed by atoms with Crippen LogP contribution >= 0.6 is 11.3 Å². The van der Waals surface area contributed by atoms with E-state index in [1.54, 1.807) is 24.3 Å². The summed E-state index contributed by atoms with van der Waals surface area (Å²) in [6.45, 7) is 3.80. The molecule has 2 aliphatic rings. The second kappa shape index (κ2) is 10.7. The van der Waals surface area contributed by atoms with E-state index >= 15 is 0 Å². The number of nitrogens with zero attached hydrogens (tertiary/aromatic N) is 5. The van der Waals surface area contributed by atoms with Gasteiger partial charge in [0.2, 0.25) is 5.88 Å². The minimum absolute atomic E-state index is 0.0267. The van der Waals surface area contributed by atoms with E-state index < -0.39 is 11.8 Å². The van der Waals surface area contributed by atoms with Crippen LogP contribution in [-0.2, 0) is 24.4 Å². The average Bonchev–Trinajstić information content (AvgIpc) is 3.61. The molecule has 5 heterocycles. The molecule has 0 amide bonds. The van der Waals surface area contributed by atoms with Crippen molar-refractivity contribution in [2.24, 2.45) is 0 Å². The first-order valence-corrected chi connectivity index (χ1v) is 13.6. The number of pyridine rings is 1. The van der Waals surface area contributed by atoms with Crippen LogP contribution in [0.5, 0.6) is 5.88 Å². The Morgan fingerprint density at radius 2 is 2.13 bits per heavy atom. The van der Waals surface area contributed by atoms with E-state index in [4.69, 9.17) is 19.7 Å². The number of halogens is 1. The fourth-order valence-electron chi connectivity index (χ4n) is 5.07. The predicted molar refractivity (Wildman–Crippen MR) is 141 cm³/mol. The SMILES string of the molecule is N#Cc1ccc(COc2cccc(C3CCN(Cc4nc5sc(C(=O)O)cc5n4CC4CCO4)C3)n2)c(F)c1. The van der Waals surface area contributed by atoms with E-state index in [9.17, 15) is 14.3 Å². The van der Waals surface area contributed by atoms with Gasteiger partial charge in [0.15, 0.2) is 0 Å². The summed E-state index contributed by atoms with van der Waals surface area (Å²) in [7, 11) is 0. The Bertz CT molecular complexity index is 1570. The number of carboxylic acids is 1. The zero-order valence-corrected chi connectivity index (χ0v) is 21.9. The highest BCUT2D eigenvalue weighted by Crippen LogP contribution is 2.32. The largest absolute Gasteiger partial charge is 0.477 e. The lowest BCUT2D eigenvalue weighted by molar-refractivity contribution is -0.0591. The first kappa shape index (κ1) is 25.4. The zero-order valence-electron chi connectivity index (χ0n) is 21.0. The number of carboxylic acid groups (broad SMARTS) is 1. The topological polar surface area (TPSA) is 114 Å². The summed E-state index contributed by atoms with van der Waals surface area (Å²) in [5.41, 5.74) is 2.41.